The van der Waals surface area contributed by atoms with Crippen molar-refractivity contribution < 1.29 is 13.9 Å². The molecule has 1 unspecified atom stereocenters. The lowest BCUT2D eigenvalue weighted by Crippen LogP contribution is -2.31. The quantitative estimate of drug-likeness (QED) is 0.321. The van der Waals surface area contributed by atoms with E-state index in [9.17, 15) is 19.2 Å². The highest BCUT2D eigenvalue weighted by atomic mass is 19.1. The van der Waals surface area contributed by atoms with Gasteiger partial charge in [-0.1, -0.05) is 18.2 Å². The largest absolute Gasteiger partial charge is 0.469 e. The van der Waals surface area contributed by atoms with Gasteiger partial charge in [0.05, 0.1) is 31.1 Å². The van der Waals surface area contributed by atoms with Crippen LogP contribution in [0.4, 0.5) is 4.39 Å². The number of benzene rings is 2. The molecule has 2 aromatic carbocycles. The van der Waals surface area contributed by atoms with Crippen LogP contribution in [0.1, 0.15) is 53.4 Å². The van der Waals surface area contributed by atoms with Gasteiger partial charge in [-0.2, -0.15) is 5.26 Å². The number of carbonyl (C=O) groups excluding carboxylic acids is 1. The Morgan fingerprint density at radius 2 is 1.89 bits per heavy atom. The predicted octanol–water partition coefficient (Wildman–Crippen LogP) is 5.07. The molecule has 0 aliphatic rings. The number of carbonyl (C=O) groups is 1. The fraction of sp³-hybridized carbons (Fsp3) is 0.241. The number of nitriles is 1. The van der Waals surface area contributed by atoms with Gasteiger partial charge in [0.2, 0.25) is 0 Å². The number of pyridine rings is 1. The van der Waals surface area contributed by atoms with Crippen molar-refractivity contribution in [3.8, 4) is 6.07 Å². The van der Waals surface area contributed by atoms with Crippen molar-refractivity contribution >= 4 is 28.0 Å². The van der Waals surface area contributed by atoms with Crippen molar-refractivity contribution in [1.82, 2.24) is 19.1 Å². The Bertz CT molecular complexity index is 1790. The first-order valence-corrected chi connectivity index (χ1v) is 12.2. The van der Waals surface area contributed by atoms with Crippen LogP contribution < -0.4 is 5.69 Å². The van der Waals surface area contributed by atoms with Crippen molar-refractivity contribution in [2.75, 3.05) is 7.11 Å². The lowest BCUT2D eigenvalue weighted by Gasteiger charge is -2.18. The Labute approximate surface area is 217 Å². The molecule has 8 nitrogen and oxygen atoms in total. The predicted molar refractivity (Wildman–Crippen MR) is 141 cm³/mol. The fourth-order valence-electron chi connectivity index (χ4n) is 5.28. The Kier molecular flexibility index (Phi) is 6.33. The molecule has 0 radical (unpaired) electrons. The molecule has 0 amide bonds. The molecule has 192 valence electrons. The Balaban J connectivity index is 1.79. The second-order valence-electron chi connectivity index (χ2n) is 9.45. The van der Waals surface area contributed by atoms with Crippen LogP contribution in [0.3, 0.4) is 0 Å². The number of rotatable bonds is 6. The van der Waals surface area contributed by atoms with Crippen molar-refractivity contribution in [1.29, 1.82) is 5.26 Å². The molecule has 5 aromatic rings. The molecule has 2 atom stereocenters. The average Bonchev–Trinajstić information content (AvgIpc) is 3.45. The van der Waals surface area contributed by atoms with Gasteiger partial charge in [-0.25, -0.2) is 14.2 Å². The Morgan fingerprint density at radius 3 is 2.58 bits per heavy atom. The second-order valence-corrected chi connectivity index (χ2v) is 9.45. The number of nitrogens with one attached hydrogen (secondary N) is 1. The van der Waals surface area contributed by atoms with E-state index in [0.29, 0.717) is 11.1 Å². The molecule has 38 heavy (non-hydrogen) atoms. The topological polar surface area (TPSA) is 106 Å². The molecule has 0 bridgehead atoms. The number of esters is 1. The minimum Gasteiger partial charge on any atom is -0.469 e. The van der Waals surface area contributed by atoms with Crippen LogP contribution >= 0.6 is 0 Å². The number of methoxy groups -OCH3 is 1. The lowest BCUT2D eigenvalue weighted by molar-refractivity contribution is -0.141. The van der Waals surface area contributed by atoms with Crippen LogP contribution in [-0.2, 0) is 9.53 Å². The monoisotopic (exact) mass is 511 g/mol. The van der Waals surface area contributed by atoms with E-state index in [4.69, 9.17) is 4.74 Å². The third kappa shape index (κ3) is 4.14. The SMILES string of the molecule is COC(=O)C[C@H](c1ccc(F)cc1)n1c(=O)n(C(C)c2c[nH]c3cc(C)cc(C)c23)c2ccc(C#N)nc21. The van der Waals surface area contributed by atoms with Crippen LogP contribution in [0, 0.1) is 31.0 Å². The number of hydrogen-bond donors (Lipinski definition) is 1. The maximum atomic E-state index is 14.2. The van der Waals surface area contributed by atoms with Gasteiger partial charge in [-0.05, 0) is 67.8 Å². The number of aromatic amines is 1. The van der Waals surface area contributed by atoms with Crippen LogP contribution in [0.2, 0.25) is 0 Å². The van der Waals surface area contributed by atoms with Gasteiger partial charge in [0.25, 0.3) is 0 Å². The number of hydrogen-bond acceptors (Lipinski definition) is 5. The molecule has 0 aliphatic carbocycles. The van der Waals surface area contributed by atoms with E-state index in [2.05, 4.69) is 22.1 Å². The summed E-state index contributed by atoms with van der Waals surface area (Å²) in [6.45, 7) is 6.00. The summed E-state index contributed by atoms with van der Waals surface area (Å²) in [6, 6.07) is 13.8. The van der Waals surface area contributed by atoms with Gasteiger partial charge in [0.1, 0.15) is 17.6 Å². The molecule has 0 spiro atoms. The summed E-state index contributed by atoms with van der Waals surface area (Å²) in [6.07, 6.45) is 1.72. The first-order valence-electron chi connectivity index (χ1n) is 12.2. The zero-order valence-corrected chi connectivity index (χ0v) is 21.4. The van der Waals surface area contributed by atoms with Gasteiger partial charge in [-0.15, -0.1) is 0 Å². The third-order valence-electron chi connectivity index (χ3n) is 7.01. The van der Waals surface area contributed by atoms with Gasteiger partial charge in [0, 0.05) is 22.7 Å². The Hall–Kier alpha value is -4.71. The summed E-state index contributed by atoms with van der Waals surface area (Å²) in [5, 5.41) is 10.6. The van der Waals surface area contributed by atoms with Crippen molar-refractivity contribution in [2.45, 2.75) is 39.3 Å². The van der Waals surface area contributed by atoms with Crippen molar-refractivity contribution in [3.63, 3.8) is 0 Å². The second kappa shape index (κ2) is 9.63. The first kappa shape index (κ1) is 25.0. The normalized spacial score (nSPS) is 12.9. The molecule has 3 aromatic heterocycles. The number of H-pyrrole nitrogens is 1. The third-order valence-corrected chi connectivity index (χ3v) is 7.01. The van der Waals surface area contributed by atoms with Crippen molar-refractivity contribution in [2.24, 2.45) is 0 Å². The first-order chi connectivity index (χ1) is 18.2. The summed E-state index contributed by atoms with van der Waals surface area (Å²) in [5.74, 6) is -0.983. The molecule has 3 heterocycles. The van der Waals surface area contributed by atoms with E-state index in [1.807, 2.05) is 33.0 Å². The number of ether oxygens (including phenoxy) is 1. The molecule has 0 saturated carbocycles. The highest BCUT2D eigenvalue weighted by molar-refractivity contribution is 5.88. The van der Waals surface area contributed by atoms with Crippen LogP contribution in [-0.4, -0.2) is 32.2 Å². The van der Waals surface area contributed by atoms with E-state index in [0.717, 1.165) is 27.6 Å². The fourth-order valence-corrected chi connectivity index (χ4v) is 5.28. The summed E-state index contributed by atoms with van der Waals surface area (Å²) in [4.78, 5) is 34.5. The van der Waals surface area contributed by atoms with E-state index in [1.165, 1.54) is 35.9 Å². The smallest absolute Gasteiger partial charge is 0.331 e. The molecule has 1 N–H and O–H groups in total. The molecular weight excluding hydrogens is 485 g/mol. The number of fused-ring (bicyclic) bond motifs is 2. The average molecular weight is 512 g/mol. The highest BCUT2D eigenvalue weighted by Crippen LogP contribution is 2.33. The van der Waals surface area contributed by atoms with Gasteiger partial charge >= 0.3 is 11.7 Å². The van der Waals surface area contributed by atoms with Crippen LogP contribution in [0.5, 0.6) is 0 Å². The minimum atomic E-state index is -0.833. The Morgan fingerprint density at radius 1 is 1.16 bits per heavy atom. The van der Waals surface area contributed by atoms with E-state index < -0.39 is 29.6 Å². The summed E-state index contributed by atoms with van der Waals surface area (Å²) in [5.41, 5.74) is 5.13. The number of aromatic nitrogens is 4. The number of halogens is 1. The minimum absolute atomic E-state index is 0.130. The standard InChI is InChI=1S/C29H26FN5O3/c1-16-11-17(2)27-22(15-32-23(27)12-16)18(3)34-24-10-9-21(14-31)33-28(24)35(29(34)37)25(13-26(36)38-4)19-5-7-20(30)8-6-19/h5-12,15,18,25,32H,13H2,1-4H3/t18?,25-/m1/s1. The van der Waals surface area contributed by atoms with Crippen LogP contribution in [0.15, 0.2) is 59.5 Å². The van der Waals surface area contributed by atoms with Gasteiger partial charge < -0.3 is 9.72 Å². The van der Waals surface area contributed by atoms with E-state index in [1.54, 1.807) is 16.7 Å². The summed E-state index contributed by atoms with van der Waals surface area (Å²) in [7, 11) is 1.27. The van der Waals surface area contributed by atoms with Gasteiger partial charge in [0.15, 0.2) is 5.65 Å². The van der Waals surface area contributed by atoms with Crippen molar-refractivity contribution in [3.05, 3.63) is 99.0 Å². The highest BCUT2D eigenvalue weighted by Gasteiger charge is 2.29. The summed E-state index contributed by atoms with van der Waals surface area (Å²) >= 11 is 0. The van der Waals surface area contributed by atoms with Gasteiger partial charge in [-0.3, -0.25) is 13.9 Å². The maximum absolute atomic E-state index is 14.2. The van der Waals surface area contributed by atoms with E-state index in [-0.39, 0.29) is 17.8 Å². The number of aryl methyl sites for hydroxylation is 2. The zero-order valence-electron chi connectivity index (χ0n) is 21.4. The number of imidazole rings is 1. The van der Waals surface area contributed by atoms with E-state index >= 15 is 0 Å². The maximum Gasteiger partial charge on any atom is 0.331 e. The molecule has 9 heteroatoms. The summed E-state index contributed by atoms with van der Waals surface area (Å²) < 4.78 is 21.7. The molecular formula is C29H26FN5O3. The molecule has 0 aliphatic heterocycles. The lowest BCUT2D eigenvalue weighted by atomic mass is 10.0. The zero-order chi connectivity index (χ0) is 27.1. The van der Waals surface area contributed by atoms with Crippen LogP contribution in [0.25, 0.3) is 22.1 Å². The number of nitrogens with zero attached hydrogens (tertiary/aromatic N) is 4. The molecule has 5 rings (SSSR count). The molecule has 0 saturated heterocycles. The molecule has 0 fully saturated rings.